The molecular formula is C13H13ClOS. The molecule has 0 amide bonds. The summed E-state index contributed by atoms with van der Waals surface area (Å²) in [4.78, 5) is 1.19. The van der Waals surface area contributed by atoms with Crippen LogP contribution in [0.4, 0.5) is 0 Å². The minimum Gasteiger partial charge on any atom is -0.384 e. The number of hydrogen-bond donors (Lipinski definition) is 1. The third-order valence-electron chi connectivity index (χ3n) is 2.58. The zero-order valence-corrected chi connectivity index (χ0v) is 10.8. The van der Waals surface area contributed by atoms with Gasteiger partial charge in [0.2, 0.25) is 0 Å². The second-order valence-electron chi connectivity index (χ2n) is 3.87. The summed E-state index contributed by atoms with van der Waals surface area (Å²) in [6.07, 6.45) is -0.627. The fourth-order valence-electron chi connectivity index (χ4n) is 1.67. The van der Waals surface area contributed by atoms with Gasteiger partial charge in [-0.3, -0.25) is 0 Å². The molecule has 0 radical (unpaired) electrons. The number of aliphatic hydroxyl groups is 1. The highest BCUT2D eigenvalue weighted by Crippen LogP contribution is 2.32. The lowest BCUT2D eigenvalue weighted by Gasteiger charge is -2.12. The molecule has 1 aromatic heterocycles. The summed E-state index contributed by atoms with van der Waals surface area (Å²) in [7, 11) is 0. The minimum absolute atomic E-state index is 0.627. The molecule has 1 N–H and O–H groups in total. The number of aliphatic hydroxyl groups excluding tert-OH is 1. The first-order chi connectivity index (χ1) is 7.59. The molecule has 0 fully saturated rings. The Morgan fingerprint density at radius 1 is 1.31 bits per heavy atom. The Hall–Kier alpha value is -0.830. The van der Waals surface area contributed by atoms with E-state index in [2.05, 4.69) is 0 Å². The second kappa shape index (κ2) is 4.58. The molecule has 1 nitrogen and oxygen atoms in total. The first kappa shape index (κ1) is 11.6. The zero-order chi connectivity index (χ0) is 11.7. The van der Waals surface area contributed by atoms with Gasteiger partial charge in [0.05, 0.1) is 0 Å². The lowest BCUT2D eigenvalue weighted by atomic mass is 10.0. The Bertz CT molecular complexity index is 504. The van der Waals surface area contributed by atoms with E-state index < -0.39 is 6.10 Å². The molecule has 3 heteroatoms. The highest BCUT2D eigenvalue weighted by molar-refractivity contribution is 7.10. The Balaban J connectivity index is 2.41. The van der Waals surface area contributed by atoms with Crippen molar-refractivity contribution in [2.45, 2.75) is 20.0 Å². The van der Waals surface area contributed by atoms with Crippen molar-refractivity contribution >= 4 is 22.9 Å². The number of thiophene rings is 1. The molecule has 0 spiro atoms. The van der Waals surface area contributed by atoms with Gasteiger partial charge >= 0.3 is 0 Å². The number of halogens is 1. The fraction of sp³-hybridized carbons (Fsp3) is 0.231. The first-order valence-corrected chi connectivity index (χ1v) is 6.33. The van der Waals surface area contributed by atoms with E-state index in [4.69, 9.17) is 11.6 Å². The van der Waals surface area contributed by atoms with Crippen LogP contribution in [-0.4, -0.2) is 5.11 Å². The van der Waals surface area contributed by atoms with E-state index in [9.17, 15) is 5.11 Å². The minimum atomic E-state index is -0.627. The van der Waals surface area contributed by atoms with E-state index in [1.807, 2.05) is 43.5 Å². The highest BCUT2D eigenvalue weighted by atomic mass is 35.5. The van der Waals surface area contributed by atoms with Crippen LogP contribution in [0, 0.1) is 13.8 Å². The maximum atomic E-state index is 10.2. The van der Waals surface area contributed by atoms with Crippen LogP contribution < -0.4 is 0 Å². The zero-order valence-electron chi connectivity index (χ0n) is 9.20. The molecule has 0 saturated heterocycles. The Morgan fingerprint density at radius 3 is 2.69 bits per heavy atom. The molecule has 1 atom stereocenters. The smallest absolute Gasteiger partial charge is 0.106 e. The van der Waals surface area contributed by atoms with Gasteiger partial charge in [-0.05, 0) is 36.4 Å². The summed E-state index contributed by atoms with van der Waals surface area (Å²) >= 11 is 7.82. The normalized spacial score (nSPS) is 12.8. The van der Waals surface area contributed by atoms with Crippen LogP contribution in [0.25, 0.3) is 0 Å². The van der Waals surface area contributed by atoms with E-state index in [0.29, 0.717) is 5.02 Å². The van der Waals surface area contributed by atoms with E-state index in [-0.39, 0.29) is 0 Å². The molecule has 0 saturated carbocycles. The molecule has 0 aliphatic carbocycles. The Kier molecular flexibility index (Phi) is 3.33. The third-order valence-corrected chi connectivity index (χ3v) is 3.98. The summed E-state index contributed by atoms with van der Waals surface area (Å²) < 4.78 is 0. The van der Waals surface area contributed by atoms with Gasteiger partial charge in [0.1, 0.15) is 6.10 Å². The van der Waals surface area contributed by atoms with E-state index in [0.717, 1.165) is 16.7 Å². The maximum Gasteiger partial charge on any atom is 0.106 e. The van der Waals surface area contributed by atoms with Crippen molar-refractivity contribution in [1.82, 2.24) is 0 Å². The summed E-state index contributed by atoms with van der Waals surface area (Å²) in [5.41, 5.74) is 2.68. The van der Waals surface area contributed by atoms with Gasteiger partial charge in [-0.1, -0.05) is 29.8 Å². The number of benzene rings is 1. The highest BCUT2D eigenvalue weighted by Gasteiger charge is 2.15. The van der Waals surface area contributed by atoms with Crippen molar-refractivity contribution in [1.29, 1.82) is 0 Å². The van der Waals surface area contributed by atoms with E-state index >= 15 is 0 Å². The molecule has 1 aromatic carbocycles. The molecule has 16 heavy (non-hydrogen) atoms. The van der Waals surface area contributed by atoms with Crippen molar-refractivity contribution in [2.24, 2.45) is 0 Å². The standard InChI is InChI=1S/C13H13ClOS/c1-8-4-3-5-11(12(8)14)13(15)10-6-9(2)16-7-10/h3-7,13,15H,1-2H3. The fourth-order valence-corrected chi connectivity index (χ4v) is 2.62. The monoisotopic (exact) mass is 252 g/mol. The summed E-state index contributed by atoms with van der Waals surface area (Å²) in [5, 5.41) is 12.9. The second-order valence-corrected chi connectivity index (χ2v) is 5.36. The molecule has 84 valence electrons. The summed E-state index contributed by atoms with van der Waals surface area (Å²) in [6, 6.07) is 7.72. The number of hydrogen-bond acceptors (Lipinski definition) is 2. The van der Waals surface area contributed by atoms with Crippen LogP contribution in [0.3, 0.4) is 0 Å². The molecule has 1 heterocycles. The molecule has 2 rings (SSSR count). The van der Waals surface area contributed by atoms with E-state index in [1.54, 1.807) is 11.3 Å². The van der Waals surface area contributed by atoms with Crippen molar-refractivity contribution < 1.29 is 5.11 Å². The predicted octanol–water partition coefficient (Wildman–Crippen LogP) is 4.10. The van der Waals surface area contributed by atoms with Crippen LogP contribution in [0.1, 0.15) is 27.7 Å². The van der Waals surface area contributed by atoms with Gasteiger partial charge in [-0.2, -0.15) is 0 Å². The number of aryl methyl sites for hydroxylation is 2. The van der Waals surface area contributed by atoms with Crippen molar-refractivity contribution in [2.75, 3.05) is 0 Å². The third kappa shape index (κ3) is 2.14. The summed E-state index contributed by atoms with van der Waals surface area (Å²) in [5.74, 6) is 0. The quantitative estimate of drug-likeness (QED) is 0.853. The molecule has 1 unspecified atom stereocenters. The predicted molar refractivity (Wildman–Crippen MR) is 69.3 cm³/mol. The van der Waals surface area contributed by atoms with Crippen LogP contribution in [0.5, 0.6) is 0 Å². The Labute approximate surface area is 104 Å². The largest absolute Gasteiger partial charge is 0.384 e. The first-order valence-electron chi connectivity index (χ1n) is 5.07. The Morgan fingerprint density at radius 2 is 2.06 bits per heavy atom. The van der Waals surface area contributed by atoms with Crippen molar-refractivity contribution in [3.05, 3.63) is 56.2 Å². The van der Waals surface area contributed by atoms with Gasteiger partial charge < -0.3 is 5.11 Å². The maximum absolute atomic E-state index is 10.2. The molecular weight excluding hydrogens is 240 g/mol. The van der Waals surface area contributed by atoms with Crippen LogP contribution >= 0.6 is 22.9 Å². The molecule has 2 aromatic rings. The van der Waals surface area contributed by atoms with Crippen molar-refractivity contribution in [3.8, 4) is 0 Å². The van der Waals surface area contributed by atoms with E-state index in [1.165, 1.54) is 4.88 Å². The SMILES string of the molecule is Cc1cc(C(O)c2cccc(C)c2Cl)cs1. The average molecular weight is 253 g/mol. The van der Waals surface area contributed by atoms with Gasteiger partial charge in [-0.15, -0.1) is 11.3 Å². The number of rotatable bonds is 2. The molecule has 0 aliphatic heterocycles. The lowest BCUT2D eigenvalue weighted by molar-refractivity contribution is 0.221. The van der Waals surface area contributed by atoms with Gasteiger partial charge in [0.15, 0.2) is 0 Å². The molecule has 0 aliphatic rings. The average Bonchev–Trinajstić information content (AvgIpc) is 2.68. The van der Waals surface area contributed by atoms with Crippen molar-refractivity contribution in [3.63, 3.8) is 0 Å². The topological polar surface area (TPSA) is 20.2 Å². The van der Waals surface area contributed by atoms with Crippen LogP contribution in [0.15, 0.2) is 29.6 Å². The summed E-state index contributed by atoms with van der Waals surface area (Å²) in [6.45, 7) is 3.97. The van der Waals surface area contributed by atoms with Crippen LogP contribution in [0.2, 0.25) is 5.02 Å². The van der Waals surface area contributed by atoms with Crippen LogP contribution in [-0.2, 0) is 0 Å². The van der Waals surface area contributed by atoms with Gasteiger partial charge in [0, 0.05) is 15.5 Å². The van der Waals surface area contributed by atoms with Gasteiger partial charge in [-0.25, -0.2) is 0 Å². The molecule has 0 bridgehead atoms. The lowest BCUT2D eigenvalue weighted by Crippen LogP contribution is -1.99. The van der Waals surface area contributed by atoms with Gasteiger partial charge in [0.25, 0.3) is 0 Å².